The van der Waals surface area contributed by atoms with E-state index in [-0.39, 0.29) is 11.8 Å². The quantitative estimate of drug-likeness (QED) is 0.851. The molecule has 1 aromatic heterocycles. The van der Waals surface area contributed by atoms with Crippen molar-refractivity contribution >= 4 is 32.6 Å². The second-order valence-corrected chi connectivity index (χ2v) is 5.20. The molecule has 5 heteroatoms. The molecule has 4 nitrogen and oxygen atoms in total. The molecule has 2 heterocycles. The van der Waals surface area contributed by atoms with Crippen molar-refractivity contribution in [2.24, 2.45) is 5.92 Å². The summed E-state index contributed by atoms with van der Waals surface area (Å²) >= 11 is 1.52. The van der Waals surface area contributed by atoms with Crippen LogP contribution in [-0.2, 0) is 4.79 Å². The molecule has 0 unspecified atom stereocenters. The zero-order chi connectivity index (χ0) is 11.7. The second kappa shape index (κ2) is 4.43. The number of nitrogens with zero attached hydrogens (tertiary/aromatic N) is 1. The van der Waals surface area contributed by atoms with Crippen LogP contribution in [0.15, 0.2) is 24.3 Å². The molecule has 0 spiro atoms. The summed E-state index contributed by atoms with van der Waals surface area (Å²) in [6.45, 7) is 1.70. The van der Waals surface area contributed by atoms with Gasteiger partial charge in [-0.3, -0.25) is 4.79 Å². The van der Waals surface area contributed by atoms with Gasteiger partial charge in [-0.05, 0) is 25.1 Å². The molecule has 0 saturated carbocycles. The largest absolute Gasteiger partial charge is 0.316 e. The fraction of sp³-hybridized carbons (Fsp3) is 0.333. The summed E-state index contributed by atoms with van der Waals surface area (Å²) in [4.78, 5) is 16.3. The van der Waals surface area contributed by atoms with E-state index in [0.717, 1.165) is 29.7 Å². The van der Waals surface area contributed by atoms with E-state index in [0.29, 0.717) is 5.13 Å². The van der Waals surface area contributed by atoms with Crippen molar-refractivity contribution in [3.63, 3.8) is 0 Å². The van der Waals surface area contributed by atoms with Crippen molar-refractivity contribution in [3.8, 4) is 0 Å². The number of aromatic nitrogens is 1. The third-order valence-electron chi connectivity index (χ3n) is 2.96. The van der Waals surface area contributed by atoms with Crippen molar-refractivity contribution in [1.82, 2.24) is 10.3 Å². The van der Waals surface area contributed by atoms with Crippen LogP contribution >= 0.6 is 11.3 Å². The summed E-state index contributed by atoms with van der Waals surface area (Å²) in [6, 6.07) is 7.90. The number of fused-ring (bicyclic) bond motifs is 1. The Morgan fingerprint density at radius 2 is 2.35 bits per heavy atom. The van der Waals surface area contributed by atoms with Crippen molar-refractivity contribution in [2.75, 3.05) is 18.4 Å². The average Bonchev–Trinajstić information content (AvgIpc) is 2.97. The maximum Gasteiger partial charge on any atom is 0.230 e. The minimum Gasteiger partial charge on any atom is -0.316 e. The van der Waals surface area contributed by atoms with E-state index in [2.05, 4.69) is 15.6 Å². The van der Waals surface area contributed by atoms with E-state index in [1.54, 1.807) is 0 Å². The Morgan fingerprint density at radius 3 is 3.12 bits per heavy atom. The lowest BCUT2D eigenvalue weighted by molar-refractivity contribution is -0.119. The number of thiazole rings is 1. The van der Waals surface area contributed by atoms with E-state index in [9.17, 15) is 4.79 Å². The third kappa shape index (κ3) is 2.16. The standard InChI is InChI=1S/C12H13N3OS/c16-11(8-5-6-13-7-8)15-12-14-9-3-1-2-4-10(9)17-12/h1-4,8,13H,5-7H2,(H,14,15,16)/t8-/m0/s1. The van der Waals surface area contributed by atoms with Gasteiger partial charge in [-0.2, -0.15) is 0 Å². The van der Waals surface area contributed by atoms with Crippen LogP contribution in [0.2, 0.25) is 0 Å². The predicted molar refractivity (Wildman–Crippen MR) is 69.2 cm³/mol. The number of benzene rings is 1. The first kappa shape index (κ1) is 10.7. The molecule has 0 aliphatic carbocycles. The highest BCUT2D eigenvalue weighted by Crippen LogP contribution is 2.26. The van der Waals surface area contributed by atoms with Crippen LogP contribution in [0.4, 0.5) is 5.13 Å². The van der Waals surface area contributed by atoms with Gasteiger partial charge in [0, 0.05) is 6.54 Å². The van der Waals surface area contributed by atoms with Crippen molar-refractivity contribution in [2.45, 2.75) is 6.42 Å². The number of carbonyl (C=O) groups is 1. The summed E-state index contributed by atoms with van der Waals surface area (Å²) in [6.07, 6.45) is 0.913. The monoisotopic (exact) mass is 247 g/mol. The summed E-state index contributed by atoms with van der Waals surface area (Å²) in [5.41, 5.74) is 0.942. The number of hydrogen-bond acceptors (Lipinski definition) is 4. The third-order valence-corrected chi connectivity index (χ3v) is 3.91. The molecule has 3 rings (SSSR count). The maximum absolute atomic E-state index is 11.9. The molecule has 1 aliphatic heterocycles. The van der Waals surface area contributed by atoms with Crippen LogP contribution in [0.25, 0.3) is 10.2 Å². The average molecular weight is 247 g/mol. The zero-order valence-corrected chi connectivity index (χ0v) is 10.1. The number of anilines is 1. The number of carbonyl (C=O) groups excluding carboxylic acids is 1. The van der Waals surface area contributed by atoms with Crippen molar-refractivity contribution < 1.29 is 4.79 Å². The van der Waals surface area contributed by atoms with Gasteiger partial charge in [0.25, 0.3) is 0 Å². The topological polar surface area (TPSA) is 54.0 Å². The molecule has 88 valence electrons. The second-order valence-electron chi connectivity index (χ2n) is 4.17. The van der Waals surface area contributed by atoms with E-state index >= 15 is 0 Å². The van der Waals surface area contributed by atoms with Gasteiger partial charge in [-0.15, -0.1) is 0 Å². The van der Waals surface area contributed by atoms with Gasteiger partial charge < -0.3 is 10.6 Å². The number of amides is 1. The van der Waals surface area contributed by atoms with E-state index in [1.807, 2.05) is 24.3 Å². The smallest absolute Gasteiger partial charge is 0.230 e. The molecule has 1 amide bonds. The number of rotatable bonds is 2. The molecule has 17 heavy (non-hydrogen) atoms. The Hall–Kier alpha value is -1.46. The van der Waals surface area contributed by atoms with Gasteiger partial charge in [-0.25, -0.2) is 4.98 Å². The molecule has 1 atom stereocenters. The molecular formula is C12H13N3OS. The van der Waals surface area contributed by atoms with Crippen molar-refractivity contribution in [3.05, 3.63) is 24.3 Å². The lowest BCUT2D eigenvalue weighted by Crippen LogP contribution is -2.24. The van der Waals surface area contributed by atoms with Gasteiger partial charge in [0.1, 0.15) is 0 Å². The molecule has 1 aliphatic rings. The van der Waals surface area contributed by atoms with Gasteiger partial charge in [-0.1, -0.05) is 23.5 Å². The number of para-hydroxylation sites is 1. The minimum atomic E-state index is 0.0778. The predicted octanol–water partition coefficient (Wildman–Crippen LogP) is 1.84. The number of hydrogen-bond donors (Lipinski definition) is 2. The van der Waals surface area contributed by atoms with Crippen LogP contribution in [0.1, 0.15) is 6.42 Å². The summed E-state index contributed by atoms with van der Waals surface area (Å²) in [5.74, 6) is 0.163. The first-order valence-corrected chi connectivity index (χ1v) is 6.52. The van der Waals surface area contributed by atoms with Crippen LogP contribution in [0.3, 0.4) is 0 Å². The Morgan fingerprint density at radius 1 is 1.47 bits per heavy atom. The summed E-state index contributed by atoms with van der Waals surface area (Å²) in [7, 11) is 0. The fourth-order valence-electron chi connectivity index (χ4n) is 2.01. The lowest BCUT2D eigenvalue weighted by atomic mass is 10.1. The Bertz CT molecular complexity index is 512. The first-order chi connectivity index (χ1) is 8.33. The fourth-order valence-corrected chi connectivity index (χ4v) is 2.88. The minimum absolute atomic E-state index is 0.0778. The molecular weight excluding hydrogens is 234 g/mol. The van der Waals surface area contributed by atoms with E-state index < -0.39 is 0 Å². The van der Waals surface area contributed by atoms with Gasteiger partial charge >= 0.3 is 0 Å². The molecule has 1 fully saturated rings. The first-order valence-electron chi connectivity index (χ1n) is 5.70. The van der Waals surface area contributed by atoms with Gasteiger partial charge in [0.05, 0.1) is 16.1 Å². The molecule has 1 saturated heterocycles. The SMILES string of the molecule is O=C(Nc1nc2ccccc2s1)[C@H]1CCNC1. The molecule has 2 N–H and O–H groups in total. The molecule has 1 aromatic carbocycles. The Kier molecular flexibility index (Phi) is 2.78. The van der Waals surface area contributed by atoms with Crippen LogP contribution in [0, 0.1) is 5.92 Å². The Labute approximate surface area is 103 Å². The van der Waals surface area contributed by atoms with Crippen molar-refractivity contribution in [1.29, 1.82) is 0 Å². The Balaban J connectivity index is 1.77. The van der Waals surface area contributed by atoms with Crippen LogP contribution in [-0.4, -0.2) is 24.0 Å². The molecule has 0 radical (unpaired) electrons. The van der Waals surface area contributed by atoms with Crippen LogP contribution in [0.5, 0.6) is 0 Å². The number of nitrogens with one attached hydrogen (secondary N) is 2. The summed E-state index contributed by atoms with van der Waals surface area (Å²) in [5, 5.41) is 6.79. The molecule has 0 bridgehead atoms. The van der Waals surface area contributed by atoms with E-state index in [1.165, 1.54) is 11.3 Å². The van der Waals surface area contributed by atoms with E-state index in [4.69, 9.17) is 0 Å². The summed E-state index contributed by atoms with van der Waals surface area (Å²) < 4.78 is 1.10. The zero-order valence-electron chi connectivity index (χ0n) is 9.27. The normalized spacial score (nSPS) is 19.6. The highest BCUT2D eigenvalue weighted by molar-refractivity contribution is 7.22. The molecule has 2 aromatic rings. The van der Waals surface area contributed by atoms with Gasteiger partial charge in [0.2, 0.25) is 5.91 Å². The highest BCUT2D eigenvalue weighted by Gasteiger charge is 2.23. The highest BCUT2D eigenvalue weighted by atomic mass is 32.1. The maximum atomic E-state index is 11.9. The van der Waals surface area contributed by atoms with Crippen LogP contribution < -0.4 is 10.6 Å². The van der Waals surface area contributed by atoms with Gasteiger partial charge in [0.15, 0.2) is 5.13 Å². The lowest BCUT2D eigenvalue weighted by Gasteiger charge is -2.06.